The highest BCUT2D eigenvalue weighted by Crippen LogP contribution is 1.55. The van der Waals surface area contributed by atoms with Crippen molar-refractivity contribution in [1.82, 2.24) is 15.6 Å². The molecule has 0 bridgehead atoms. The minimum absolute atomic E-state index is 0. The van der Waals surface area contributed by atoms with Gasteiger partial charge in [-0.3, -0.25) is 0 Å². The summed E-state index contributed by atoms with van der Waals surface area (Å²) in [5, 5.41) is 9.24. The number of hydrogen-bond acceptors (Lipinski definition) is 4. The lowest BCUT2D eigenvalue weighted by Gasteiger charge is -1.41. The lowest BCUT2D eigenvalue weighted by atomic mass is 11.6. The molecule has 6 heavy (non-hydrogen) atoms. The van der Waals surface area contributed by atoms with Gasteiger partial charge in [0.05, 0.1) is 5.27 Å². The van der Waals surface area contributed by atoms with E-state index in [1.165, 1.54) is 0 Å². The maximum absolute atomic E-state index is 4.11. The van der Waals surface area contributed by atoms with Gasteiger partial charge in [-0.05, 0) is 5.21 Å². The van der Waals surface area contributed by atoms with Gasteiger partial charge < -0.3 is 10.00 Å². The van der Waals surface area contributed by atoms with E-state index in [1.54, 1.807) is 0 Å². The molecule has 1 heterocycles. The van der Waals surface area contributed by atoms with Crippen LogP contribution in [-0.2, 0) is 0 Å². The van der Waals surface area contributed by atoms with Crippen LogP contribution < -0.4 is 0 Å². The first-order chi connectivity index (χ1) is 2.50. The lowest BCUT2D eigenvalue weighted by Crippen LogP contribution is -1.61. The molecular formula is CH3N3O2. The van der Waals surface area contributed by atoms with Gasteiger partial charge in [0.1, 0.15) is 0 Å². The van der Waals surface area contributed by atoms with E-state index >= 15 is 0 Å². The molecule has 0 saturated heterocycles. The highest BCUT2D eigenvalue weighted by molar-refractivity contribution is 4.12. The average Bonchev–Trinajstić information content (AvgIpc) is 1.76. The molecule has 0 radical (unpaired) electrons. The van der Waals surface area contributed by atoms with E-state index in [-0.39, 0.29) is 5.48 Å². The molecule has 0 unspecified atom stereocenters. The summed E-state index contributed by atoms with van der Waals surface area (Å²) in [5.41, 5.74) is 0. The zero-order valence-corrected chi connectivity index (χ0v) is 2.83. The molecule has 0 fully saturated rings. The maximum atomic E-state index is 4.11. The third-order valence-corrected chi connectivity index (χ3v) is 0.230. The van der Waals surface area contributed by atoms with Crippen LogP contribution in [0.1, 0.15) is 0 Å². The molecule has 1 rings (SSSR count). The number of hydrogen-bond donors (Lipinski definition) is 0. The number of nitrogens with zero attached hydrogens (tertiary/aromatic N) is 3. The monoisotopic (exact) mass is 89.0 g/mol. The van der Waals surface area contributed by atoms with Crippen molar-refractivity contribution < 1.29 is 10.00 Å². The molecule has 0 aliphatic rings. The van der Waals surface area contributed by atoms with Gasteiger partial charge in [0.25, 0.3) is 0 Å². The van der Waals surface area contributed by atoms with Gasteiger partial charge in [-0.15, -0.1) is 0 Å². The Balaban J connectivity index is 0.000000250. The first-order valence-electron chi connectivity index (χ1n) is 1.08. The van der Waals surface area contributed by atoms with E-state index in [1.807, 2.05) is 0 Å². The molecule has 5 heteroatoms. The Kier molecular flexibility index (Phi) is 1.91. The molecule has 1 aromatic rings. The minimum Gasteiger partial charge on any atom is -0.412 e. The second-order valence-electron chi connectivity index (χ2n) is 0.497. The molecule has 0 spiro atoms. The van der Waals surface area contributed by atoms with Crippen LogP contribution in [0.3, 0.4) is 0 Å². The van der Waals surface area contributed by atoms with Crippen molar-refractivity contribution in [2.24, 2.45) is 0 Å². The van der Waals surface area contributed by atoms with Gasteiger partial charge in [0.2, 0.25) is 6.39 Å². The molecule has 2 N–H and O–H groups in total. The second kappa shape index (κ2) is 2.28. The van der Waals surface area contributed by atoms with E-state index in [0.29, 0.717) is 0 Å². The van der Waals surface area contributed by atoms with Crippen molar-refractivity contribution >= 4 is 0 Å². The van der Waals surface area contributed by atoms with E-state index in [2.05, 4.69) is 20.1 Å². The largest absolute Gasteiger partial charge is 0.412 e. The molecular weight excluding hydrogens is 86.0 g/mol. The van der Waals surface area contributed by atoms with Crippen LogP contribution in [0.4, 0.5) is 0 Å². The van der Waals surface area contributed by atoms with Crippen molar-refractivity contribution in [2.45, 2.75) is 0 Å². The smallest absolute Gasteiger partial charge is 0.235 e. The predicted molar refractivity (Wildman–Crippen MR) is 15.7 cm³/mol. The van der Waals surface area contributed by atoms with Crippen LogP contribution in [-0.4, -0.2) is 21.1 Å². The molecule has 0 aromatic carbocycles. The van der Waals surface area contributed by atoms with Crippen molar-refractivity contribution in [3.05, 3.63) is 6.39 Å². The van der Waals surface area contributed by atoms with E-state index in [0.717, 1.165) is 6.39 Å². The quantitative estimate of drug-likeness (QED) is 0.393. The van der Waals surface area contributed by atoms with Crippen LogP contribution in [0, 0.1) is 0 Å². The fraction of sp³-hybridized carbons (Fsp3) is 0. The molecule has 1 aromatic heterocycles. The Bertz CT molecular complexity index is 65.3. The highest BCUT2D eigenvalue weighted by Gasteiger charge is 1.62. The Labute approximate surface area is 33.3 Å². The van der Waals surface area contributed by atoms with E-state index in [9.17, 15) is 0 Å². The minimum atomic E-state index is 0. The standard InChI is InChI=1S/CHN3O.H2O/c1-2-3-4-5-1;/h1H;1H2. The normalized spacial score (nSPS) is 6.67. The van der Waals surface area contributed by atoms with Gasteiger partial charge >= 0.3 is 0 Å². The summed E-state index contributed by atoms with van der Waals surface area (Å²) < 4.78 is 4.11. The van der Waals surface area contributed by atoms with Gasteiger partial charge in [-0.1, -0.05) is 5.10 Å². The first-order valence-corrected chi connectivity index (χ1v) is 1.08. The Morgan fingerprint density at radius 2 is 2.33 bits per heavy atom. The summed E-state index contributed by atoms with van der Waals surface area (Å²) in [4.78, 5) is 0. The van der Waals surface area contributed by atoms with Crippen LogP contribution in [0.25, 0.3) is 0 Å². The van der Waals surface area contributed by atoms with Crippen LogP contribution in [0.5, 0.6) is 0 Å². The number of aromatic nitrogens is 3. The molecule has 0 atom stereocenters. The summed E-state index contributed by atoms with van der Waals surface area (Å²) in [7, 11) is 0. The van der Waals surface area contributed by atoms with Crippen LogP contribution in [0.2, 0.25) is 0 Å². The Morgan fingerprint density at radius 1 is 1.50 bits per heavy atom. The summed E-state index contributed by atoms with van der Waals surface area (Å²) in [6.07, 6.45) is 1.15. The summed E-state index contributed by atoms with van der Waals surface area (Å²) in [6, 6.07) is 0. The van der Waals surface area contributed by atoms with Crippen LogP contribution in [0.15, 0.2) is 10.9 Å². The van der Waals surface area contributed by atoms with Crippen molar-refractivity contribution in [1.29, 1.82) is 0 Å². The van der Waals surface area contributed by atoms with Gasteiger partial charge in [0, 0.05) is 0 Å². The van der Waals surface area contributed by atoms with Crippen molar-refractivity contribution in [2.75, 3.05) is 0 Å². The number of rotatable bonds is 0. The molecule has 0 aliphatic carbocycles. The molecule has 34 valence electrons. The zero-order chi connectivity index (χ0) is 3.54. The van der Waals surface area contributed by atoms with Gasteiger partial charge in [0.15, 0.2) is 0 Å². The Hall–Kier alpha value is -0.970. The fourth-order valence-electron chi connectivity index (χ4n) is 0.105. The predicted octanol–water partition coefficient (Wildman–Crippen LogP) is -1.36. The van der Waals surface area contributed by atoms with Crippen molar-refractivity contribution in [3.63, 3.8) is 0 Å². The van der Waals surface area contributed by atoms with Gasteiger partial charge in [-0.2, -0.15) is 0 Å². The third kappa shape index (κ3) is 0.769. The molecule has 0 aliphatic heterocycles. The summed E-state index contributed by atoms with van der Waals surface area (Å²) in [6.45, 7) is 0. The summed E-state index contributed by atoms with van der Waals surface area (Å²) >= 11 is 0. The first kappa shape index (κ1) is 5.03. The Morgan fingerprint density at radius 3 is 2.50 bits per heavy atom. The SMILES string of the molecule is O.c1nnno1. The zero-order valence-electron chi connectivity index (χ0n) is 2.83. The average molecular weight is 89.1 g/mol. The van der Waals surface area contributed by atoms with E-state index < -0.39 is 0 Å². The molecule has 0 saturated carbocycles. The van der Waals surface area contributed by atoms with E-state index in [4.69, 9.17) is 0 Å². The highest BCUT2D eigenvalue weighted by atomic mass is 16.5. The third-order valence-electron chi connectivity index (χ3n) is 0.230. The second-order valence-corrected chi connectivity index (χ2v) is 0.497. The fourth-order valence-corrected chi connectivity index (χ4v) is 0.105. The topological polar surface area (TPSA) is 83.3 Å². The van der Waals surface area contributed by atoms with Crippen LogP contribution >= 0.6 is 0 Å². The van der Waals surface area contributed by atoms with Gasteiger partial charge in [-0.25, -0.2) is 0 Å². The molecule has 5 nitrogen and oxygen atoms in total. The lowest BCUT2D eigenvalue weighted by molar-refractivity contribution is 0.392. The summed E-state index contributed by atoms with van der Waals surface area (Å²) in [5.74, 6) is 0. The molecule has 0 amide bonds. The maximum Gasteiger partial charge on any atom is 0.235 e. The van der Waals surface area contributed by atoms with Crippen molar-refractivity contribution in [3.8, 4) is 0 Å².